The molecule has 0 fully saturated rings. The molecule has 5 heteroatoms. The molecule has 0 N–H and O–H groups in total. The molecule has 0 atom stereocenters. The Balaban J connectivity index is 1.68. The van der Waals surface area contributed by atoms with Crippen LogP contribution in [0.4, 0.5) is 10.2 Å². The van der Waals surface area contributed by atoms with Crippen LogP contribution in [0.15, 0.2) is 48.8 Å². The Morgan fingerprint density at radius 3 is 2.88 bits per heavy atom. The van der Waals surface area contributed by atoms with Gasteiger partial charge in [0.15, 0.2) is 0 Å². The van der Waals surface area contributed by atoms with E-state index in [1.54, 1.807) is 18.3 Å². The van der Waals surface area contributed by atoms with Crippen LogP contribution in [0.25, 0.3) is 11.3 Å². The molecule has 3 aromatic rings. The second-order valence-electron chi connectivity index (χ2n) is 5.99. The van der Waals surface area contributed by atoms with Gasteiger partial charge in [0.05, 0.1) is 5.69 Å². The van der Waals surface area contributed by atoms with Gasteiger partial charge < -0.3 is 4.90 Å². The van der Waals surface area contributed by atoms with Gasteiger partial charge >= 0.3 is 0 Å². The summed E-state index contributed by atoms with van der Waals surface area (Å²) in [5.41, 5.74) is 4.86. The first-order valence-electron chi connectivity index (χ1n) is 7.98. The topological polar surface area (TPSA) is 41.9 Å². The van der Waals surface area contributed by atoms with Gasteiger partial charge in [0.2, 0.25) is 5.95 Å². The molecular formula is C19H17FN4. The summed E-state index contributed by atoms with van der Waals surface area (Å²) < 4.78 is 13.4. The second kappa shape index (κ2) is 6.00. The van der Waals surface area contributed by atoms with Crippen molar-refractivity contribution in [2.24, 2.45) is 0 Å². The zero-order valence-electron chi connectivity index (χ0n) is 13.4. The fourth-order valence-corrected chi connectivity index (χ4v) is 3.12. The van der Waals surface area contributed by atoms with Crippen molar-refractivity contribution in [1.82, 2.24) is 15.0 Å². The molecule has 3 aromatic heterocycles. The van der Waals surface area contributed by atoms with Crippen molar-refractivity contribution < 1.29 is 4.39 Å². The summed E-state index contributed by atoms with van der Waals surface area (Å²) in [7, 11) is 0. The normalized spacial score (nSPS) is 13.7. The molecule has 0 aromatic carbocycles. The number of rotatable bonds is 2. The summed E-state index contributed by atoms with van der Waals surface area (Å²) in [5, 5.41) is 0. The van der Waals surface area contributed by atoms with E-state index in [0.717, 1.165) is 47.7 Å². The first kappa shape index (κ1) is 14.8. The number of hydrogen-bond acceptors (Lipinski definition) is 4. The Bertz CT molecular complexity index is 894. The smallest absolute Gasteiger partial charge is 0.213 e. The van der Waals surface area contributed by atoms with Gasteiger partial charge in [-0.25, -0.2) is 9.97 Å². The van der Waals surface area contributed by atoms with E-state index in [4.69, 9.17) is 0 Å². The van der Waals surface area contributed by atoms with Crippen molar-refractivity contribution in [3.05, 3.63) is 71.6 Å². The number of nitrogens with zero attached hydrogens (tertiary/aromatic N) is 4. The van der Waals surface area contributed by atoms with E-state index in [9.17, 15) is 4.39 Å². The highest BCUT2D eigenvalue weighted by atomic mass is 19.1. The van der Waals surface area contributed by atoms with Gasteiger partial charge in [0.1, 0.15) is 5.82 Å². The zero-order chi connectivity index (χ0) is 16.5. The first-order valence-corrected chi connectivity index (χ1v) is 7.98. The number of hydrogen-bond donors (Lipinski definition) is 0. The number of pyridine rings is 3. The summed E-state index contributed by atoms with van der Waals surface area (Å²) in [4.78, 5) is 15.3. The molecule has 0 bridgehead atoms. The molecule has 4 nitrogen and oxygen atoms in total. The van der Waals surface area contributed by atoms with Crippen molar-refractivity contribution in [2.45, 2.75) is 19.9 Å². The third-order valence-corrected chi connectivity index (χ3v) is 4.33. The highest BCUT2D eigenvalue weighted by Gasteiger charge is 2.20. The Hall–Kier alpha value is -2.82. The largest absolute Gasteiger partial charge is 0.352 e. The van der Waals surface area contributed by atoms with Gasteiger partial charge in [-0.15, -0.1) is 0 Å². The second-order valence-corrected chi connectivity index (χ2v) is 5.99. The van der Waals surface area contributed by atoms with Crippen molar-refractivity contribution in [1.29, 1.82) is 0 Å². The van der Waals surface area contributed by atoms with Gasteiger partial charge in [-0.3, -0.25) is 4.98 Å². The lowest BCUT2D eigenvalue weighted by molar-refractivity contribution is 0.585. The van der Waals surface area contributed by atoms with Crippen molar-refractivity contribution >= 4 is 5.82 Å². The minimum absolute atomic E-state index is 0.476. The highest BCUT2D eigenvalue weighted by Crippen LogP contribution is 2.27. The molecule has 0 aliphatic carbocycles. The Kier molecular flexibility index (Phi) is 3.69. The van der Waals surface area contributed by atoms with E-state index in [1.165, 1.54) is 6.07 Å². The fraction of sp³-hybridized carbons (Fsp3) is 0.211. The first-order chi connectivity index (χ1) is 11.7. The number of fused-ring (bicyclic) bond motifs is 1. The predicted octanol–water partition coefficient (Wildman–Crippen LogP) is 3.55. The average molecular weight is 320 g/mol. The number of aryl methyl sites for hydroxylation is 1. The molecule has 0 amide bonds. The molecule has 4 rings (SSSR count). The number of aromatic nitrogens is 3. The van der Waals surface area contributed by atoms with E-state index in [2.05, 4.69) is 38.9 Å². The van der Waals surface area contributed by atoms with Crippen LogP contribution in [0.2, 0.25) is 0 Å². The molecule has 1 aliphatic rings. The summed E-state index contributed by atoms with van der Waals surface area (Å²) in [6.45, 7) is 3.72. The van der Waals surface area contributed by atoms with Gasteiger partial charge in [-0.05, 0) is 42.3 Å². The number of halogens is 1. The van der Waals surface area contributed by atoms with E-state index >= 15 is 0 Å². The SMILES string of the molecule is Cc1cccnc1N1CCc2ncc(-c3cccc(F)n3)cc2C1. The Labute approximate surface area is 140 Å². The minimum Gasteiger partial charge on any atom is -0.352 e. The third-order valence-electron chi connectivity index (χ3n) is 4.33. The van der Waals surface area contributed by atoms with Crippen LogP contribution in [0, 0.1) is 12.9 Å². The molecule has 0 radical (unpaired) electrons. The van der Waals surface area contributed by atoms with Crippen LogP contribution < -0.4 is 4.90 Å². The molecule has 0 unspecified atom stereocenters. The lowest BCUT2D eigenvalue weighted by Crippen LogP contribution is -2.32. The standard InChI is InChI=1S/C19H17FN4/c1-13-4-3-8-21-19(13)24-9-7-16-15(12-24)10-14(11-22-16)17-5-2-6-18(20)23-17/h2-6,8,10-11H,7,9,12H2,1H3. The summed E-state index contributed by atoms with van der Waals surface area (Å²) in [5.74, 6) is 0.536. The quantitative estimate of drug-likeness (QED) is 0.677. The van der Waals surface area contributed by atoms with Crippen LogP contribution in [0.5, 0.6) is 0 Å². The summed E-state index contributed by atoms with van der Waals surface area (Å²) in [6.07, 6.45) is 4.48. The summed E-state index contributed by atoms with van der Waals surface area (Å²) in [6, 6.07) is 10.9. The molecule has 0 saturated heterocycles. The predicted molar refractivity (Wildman–Crippen MR) is 91.2 cm³/mol. The van der Waals surface area contributed by atoms with Crippen LogP contribution in [-0.2, 0) is 13.0 Å². The lowest BCUT2D eigenvalue weighted by Gasteiger charge is -2.30. The van der Waals surface area contributed by atoms with Gasteiger partial charge in [0.25, 0.3) is 0 Å². The maximum atomic E-state index is 13.4. The zero-order valence-corrected chi connectivity index (χ0v) is 13.4. The third kappa shape index (κ3) is 2.73. The number of anilines is 1. The maximum absolute atomic E-state index is 13.4. The minimum atomic E-state index is -0.476. The highest BCUT2D eigenvalue weighted by molar-refractivity contribution is 5.60. The lowest BCUT2D eigenvalue weighted by atomic mass is 10.0. The Morgan fingerprint density at radius 2 is 2.04 bits per heavy atom. The van der Waals surface area contributed by atoms with Crippen molar-refractivity contribution in [3.8, 4) is 11.3 Å². The van der Waals surface area contributed by atoms with Crippen LogP contribution in [0.1, 0.15) is 16.8 Å². The molecule has 120 valence electrons. The maximum Gasteiger partial charge on any atom is 0.213 e. The molecule has 0 saturated carbocycles. The fourth-order valence-electron chi connectivity index (χ4n) is 3.12. The molecule has 0 spiro atoms. The van der Waals surface area contributed by atoms with E-state index in [0.29, 0.717) is 5.69 Å². The van der Waals surface area contributed by atoms with Crippen molar-refractivity contribution in [2.75, 3.05) is 11.4 Å². The molecular weight excluding hydrogens is 303 g/mol. The van der Waals surface area contributed by atoms with Gasteiger partial charge in [-0.2, -0.15) is 4.39 Å². The average Bonchev–Trinajstić information content (AvgIpc) is 2.61. The molecule has 24 heavy (non-hydrogen) atoms. The monoisotopic (exact) mass is 320 g/mol. The van der Waals surface area contributed by atoms with Crippen molar-refractivity contribution in [3.63, 3.8) is 0 Å². The van der Waals surface area contributed by atoms with E-state index in [-0.39, 0.29) is 0 Å². The van der Waals surface area contributed by atoms with Crippen LogP contribution >= 0.6 is 0 Å². The van der Waals surface area contributed by atoms with Crippen LogP contribution in [-0.4, -0.2) is 21.5 Å². The van der Waals surface area contributed by atoms with E-state index in [1.807, 2.05) is 12.3 Å². The Morgan fingerprint density at radius 1 is 1.12 bits per heavy atom. The summed E-state index contributed by atoms with van der Waals surface area (Å²) >= 11 is 0. The van der Waals surface area contributed by atoms with Crippen LogP contribution in [0.3, 0.4) is 0 Å². The molecule has 1 aliphatic heterocycles. The van der Waals surface area contributed by atoms with E-state index < -0.39 is 5.95 Å². The molecule has 4 heterocycles. The van der Waals surface area contributed by atoms with Gasteiger partial charge in [-0.1, -0.05) is 12.1 Å². The van der Waals surface area contributed by atoms with Gasteiger partial charge in [0, 0.05) is 43.2 Å².